The van der Waals surface area contributed by atoms with Crippen molar-refractivity contribution in [2.45, 2.75) is 38.3 Å². The van der Waals surface area contributed by atoms with Gasteiger partial charge in [-0.05, 0) is 56.5 Å². The summed E-state index contributed by atoms with van der Waals surface area (Å²) in [7, 11) is 1.88. The first-order valence-corrected chi connectivity index (χ1v) is 13.2. The van der Waals surface area contributed by atoms with E-state index in [-0.39, 0.29) is 41.0 Å². The Balaban J connectivity index is 1.15. The molecule has 1 aromatic carbocycles. The molecule has 13 heteroatoms. The molecule has 0 saturated carbocycles. The molecule has 12 nitrogen and oxygen atoms in total. The molecule has 1 saturated heterocycles. The Labute approximate surface area is 232 Å². The van der Waals surface area contributed by atoms with E-state index in [2.05, 4.69) is 30.5 Å². The van der Waals surface area contributed by atoms with Crippen LogP contribution < -0.4 is 26.8 Å². The third kappa shape index (κ3) is 8.29. The summed E-state index contributed by atoms with van der Waals surface area (Å²) in [6, 6.07) is 7.78. The van der Waals surface area contributed by atoms with Gasteiger partial charge in [0.25, 0.3) is 11.8 Å². The standard InChI is InChI=1S/C26H34ClN9O3/c1-35-13-19(31-16-35)12-30-21(37)15-39-20-8-6-17(7-9-20)4-2-10-36-11-3-5-18(14-36)32-26(38)22-24(28)34-25(29)23(27)33-22/h6-9,13,16,18H,2-5,10-12,14-15H2,1H3,(H,30,37)(H,32,38)(H4,28,29,34). The van der Waals surface area contributed by atoms with Crippen molar-refractivity contribution in [1.82, 2.24) is 35.1 Å². The van der Waals surface area contributed by atoms with Crippen molar-refractivity contribution in [3.8, 4) is 5.75 Å². The Hall–Kier alpha value is -3.90. The van der Waals surface area contributed by atoms with E-state index in [1.54, 1.807) is 6.33 Å². The van der Waals surface area contributed by atoms with Crippen LogP contribution in [0.3, 0.4) is 0 Å². The zero-order valence-electron chi connectivity index (χ0n) is 21.9. The topological polar surface area (TPSA) is 166 Å². The second kappa shape index (κ2) is 13.3. The molecule has 1 fully saturated rings. The van der Waals surface area contributed by atoms with E-state index < -0.39 is 5.91 Å². The van der Waals surface area contributed by atoms with Crippen LogP contribution in [-0.2, 0) is 24.8 Å². The SMILES string of the molecule is Cn1cnc(CNC(=O)COc2ccc(CCCN3CCCC(NC(=O)c4nc(Cl)c(N)nc4N)C3)cc2)c1. The zero-order chi connectivity index (χ0) is 27.8. The van der Waals surface area contributed by atoms with Crippen molar-refractivity contribution in [2.24, 2.45) is 7.05 Å². The van der Waals surface area contributed by atoms with E-state index in [1.807, 2.05) is 42.1 Å². The molecule has 0 spiro atoms. The molecule has 0 bridgehead atoms. The van der Waals surface area contributed by atoms with Crippen molar-refractivity contribution in [3.05, 3.63) is 58.9 Å². The van der Waals surface area contributed by atoms with Gasteiger partial charge < -0.3 is 36.3 Å². The second-order valence-corrected chi connectivity index (χ2v) is 9.95. The third-order valence-corrected chi connectivity index (χ3v) is 6.70. The van der Waals surface area contributed by atoms with Crippen LogP contribution in [0, 0.1) is 0 Å². The van der Waals surface area contributed by atoms with Gasteiger partial charge in [-0.3, -0.25) is 9.59 Å². The number of nitrogens with zero attached hydrogens (tertiary/aromatic N) is 5. The van der Waals surface area contributed by atoms with Crippen LogP contribution >= 0.6 is 11.6 Å². The maximum atomic E-state index is 12.7. The Morgan fingerprint density at radius 3 is 2.72 bits per heavy atom. The molecule has 0 aliphatic carbocycles. The van der Waals surface area contributed by atoms with Crippen LogP contribution in [0.1, 0.15) is 41.0 Å². The van der Waals surface area contributed by atoms with Gasteiger partial charge in [0.2, 0.25) is 0 Å². The first-order valence-electron chi connectivity index (χ1n) is 12.8. The molecule has 1 aliphatic rings. The molecular weight excluding hydrogens is 522 g/mol. The maximum Gasteiger partial charge on any atom is 0.274 e. The van der Waals surface area contributed by atoms with Gasteiger partial charge in [-0.1, -0.05) is 23.7 Å². The molecule has 3 heterocycles. The fourth-order valence-corrected chi connectivity index (χ4v) is 4.57. The van der Waals surface area contributed by atoms with Crippen molar-refractivity contribution in [2.75, 3.05) is 37.7 Å². The van der Waals surface area contributed by atoms with Crippen molar-refractivity contribution in [1.29, 1.82) is 0 Å². The van der Waals surface area contributed by atoms with Crippen molar-refractivity contribution in [3.63, 3.8) is 0 Å². The molecule has 6 N–H and O–H groups in total. The molecule has 1 atom stereocenters. The number of nitrogen functional groups attached to an aromatic ring is 2. The Morgan fingerprint density at radius 1 is 1.18 bits per heavy atom. The predicted molar refractivity (Wildman–Crippen MR) is 148 cm³/mol. The lowest BCUT2D eigenvalue weighted by molar-refractivity contribution is -0.123. The number of aromatic nitrogens is 4. The monoisotopic (exact) mass is 555 g/mol. The number of anilines is 2. The summed E-state index contributed by atoms with van der Waals surface area (Å²) in [5.74, 6) is 0.00389. The van der Waals surface area contributed by atoms with E-state index in [0.29, 0.717) is 12.3 Å². The highest BCUT2D eigenvalue weighted by atomic mass is 35.5. The number of nitrogens with two attached hydrogens (primary N) is 2. The summed E-state index contributed by atoms with van der Waals surface area (Å²) in [5, 5.41) is 5.75. The number of benzene rings is 1. The number of amides is 2. The quantitative estimate of drug-likeness (QED) is 0.274. The minimum atomic E-state index is -0.401. The number of imidazole rings is 1. The molecule has 208 valence electrons. The van der Waals surface area contributed by atoms with E-state index in [0.717, 1.165) is 51.0 Å². The Kier molecular flexibility index (Phi) is 9.55. The lowest BCUT2D eigenvalue weighted by atomic mass is 10.0. The molecule has 1 aliphatic heterocycles. The highest BCUT2D eigenvalue weighted by Crippen LogP contribution is 2.19. The summed E-state index contributed by atoms with van der Waals surface area (Å²) in [6.07, 6.45) is 7.29. The van der Waals surface area contributed by atoms with Gasteiger partial charge >= 0.3 is 0 Å². The van der Waals surface area contributed by atoms with Gasteiger partial charge in [0.15, 0.2) is 29.1 Å². The number of aryl methyl sites for hydroxylation is 2. The lowest BCUT2D eigenvalue weighted by Gasteiger charge is -2.33. The van der Waals surface area contributed by atoms with E-state index in [9.17, 15) is 9.59 Å². The number of piperidine rings is 1. The molecule has 3 aromatic rings. The molecular formula is C26H34ClN9O3. The minimum Gasteiger partial charge on any atom is -0.484 e. The van der Waals surface area contributed by atoms with Gasteiger partial charge in [0.05, 0.1) is 18.6 Å². The van der Waals surface area contributed by atoms with E-state index >= 15 is 0 Å². The number of carbonyl (C=O) groups is 2. The maximum absolute atomic E-state index is 12.7. The summed E-state index contributed by atoms with van der Waals surface area (Å²) < 4.78 is 7.43. The number of hydrogen-bond acceptors (Lipinski definition) is 9. The largest absolute Gasteiger partial charge is 0.484 e. The highest BCUT2D eigenvalue weighted by Gasteiger charge is 2.24. The average molecular weight is 556 g/mol. The number of halogens is 1. The van der Waals surface area contributed by atoms with Gasteiger partial charge in [-0.2, -0.15) is 0 Å². The van der Waals surface area contributed by atoms with E-state index in [1.165, 1.54) is 5.56 Å². The van der Waals surface area contributed by atoms with Crippen LogP contribution in [-0.4, -0.2) is 68.5 Å². The third-order valence-electron chi connectivity index (χ3n) is 6.42. The Bertz CT molecular complexity index is 1280. The summed E-state index contributed by atoms with van der Waals surface area (Å²) >= 11 is 5.90. The first-order chi connectivity index (χ1) is 18.8. The first kappa shape index (κ1) is 28.1. The van der Waals surface area contributed by atoms with Gasteiger partial charge in [0, 0.05) is 25.8 Å². The van der Waals surface area contributed by atoms with Crippen LogP contribution in [0.25, 0.3) is 0 Å². The minimum absolute atomic E-state index is 0.00313. The highest BCUT2D eigenvalue weighted by molar-refractivity contribution is 6.31. The molecule has 2 aromatic heterocycles. The number of hydrogen-bond donors (Lipinski definition) is 4. The molecule has 4 rings (SSSR count). The van der Waals surface area contributed by atoms with Crippen molar-refractivity contribution < 1.29 is 14.3 Å². The smallest absolute Gasteiger partial charge is 0.274 e. The fraction of sp³-hybridized carbons (Fsp3) is 0.423. The number of carbonyl (C=O) groups excluding carboxylic acids is 2. The molecule has 1 unspecified atom stereocenters. The van der Waals surface area contributed by atoms with Gasteiger partial charge in [-0.25, -0.2) is 15.0 Å². The Morgan fingerprint density at radius 2 is 1.97 bits per heavy atom. The molecule has 39 heavy (non-hydrogen) atoms. The van der Waals surface area contributed by atoms with E-state index in [4.69, 9.17) is 27.8 Å². The van der Waals surface area contributed by atoms with Crippen LogP contribution in [0.4, 0.5) is 11.6 Å². The predicted octanol–water partition coefficient (Wildman–Crippen LogP) is 1.55. The second-order valence-electron chi connectivity index (χ2n) is 9.59. The van der Waals surface area contributed by atoms with Crippen molar-refractivity contribution >= 4 is 35.1 Å². The number of ether oxygens (including phenoxy) is 1. The van der Waals surface area contributed by atoms with Crippen LogP contribution in [0.5, 0.6) is 5.75 Å². The lowest BCUT2D eigenvalue weighted by Crippen LogP contribution is -2.48. The van der Waals surface area contributed by atoms with Gasteiger partial charge in [0.1, 0.15) is 5.75 Å². The average Bonchev–Trinajstić information content (AvgIpc) is 3.34. The number of nitrogens with one attached hydrogen (secondary N) is 2. The zero-order valence-corrected chi connectivity index (χ0v) is 22.7. The number of likely N-dealkylation sites (tertiary alicyclic amines) is 1. The van der Waals surface area contributed by atoms with Crippen LogP contribution in [0.15, 0.2) is 36.8 Å². The fourth-order valence-electron chi connectivity index (χ4n) is 4.45. The summed E-state index contributed by atoms with van der Waals surface area (Å²) in [4.78, 5) is 39.1. The van der Waals surface area contributed by atoms with Gasteiger partial charge in [-0.15, -0.1) is 0 Å². The normalized spacial score (nSPS) is 15.6. The van der Waals surface area contributed by atoms with Crippen LogP contribution in [0.2, 0.25) is 5.15 Å². The number of rotatable bonds is 11. The summed E-state index contributed by atoms with van der Waals surface area (Å²) in [5.41, 5.74) is 13.4. The molecule has 2 amide bonds. The summed E-state index contributed by atoms with van der Waals surface area (Å²) in [6.45, 7) is 2.96. The molecule has 0 radical (unpaired) electrons.